The van der Waals surface area contributed by atoms with E-state index in [4.69, 9.17) is 10.00 Å². The van der Waals surface area contributed by atoms with Crippen molar-refractivity contribution in [1.82, 2.24) is 10.2 Å². The van der Waals surface area contributed by atoms with Gasteiger partial charge in [0, 0.05) is 12.1 Å². The number of carbonyl (C=O) groups is 1. The summed E-state index contributed by atoms with van der Waals surface area (Å²) in [5.41, 5.74) is 0.662. The van der Waals surface area contributed by atoms with Gasteiger partial charge in [-0.1, -0.05) is 12.8 Å². The fraction of sp³-hybridized carbons (Fsp3) is 0.529. The molecule has 0 saturated heterocycles. The minimum Gasteiger partial charge on any atom is -0.484 e. The molecule has 0 atom stereocenters. The Morgan fingerprint density at radius 3 is 2.50 bits per heavy atom. The SMILES string of the molecule is CN(C)C1(CNC(=O)COc2ccc(C#N)cc2)CCCC1. The van der Waals surface area contributed by atoms with Crippen molar-refractivity contribution in [2.75, 3.05) is 27.2 Å². The molecule has 1 N–H and O–H groups in total. The molecule has 1 aliphatic carbocycles. The van der Waals surface area contributed by atoms with Crippen LogP contribution in [0.5, 0.6) is 5.75 Å². The minimum atomic E-state index is -0.113. The molecule has 5 nitrogen and oxygen atoms in total. The van der Waals surface area contributed by atoms with E-state index >= 15 is 0 Å². The molecule has 0 unspecified atom stereocenters. The van der Waals surface area contributed by atoms with Crippen LogP contribution < -0.4 is 10.1 Å². The third-order valence-corrected chi connectivity index (χ3v) is 4.45. The van der Waals surface area contributed by atoms with Gasteiger partial charge < -0.3 is 15.0 Å². The van der Waals surface area contributed by atoms with E-state index in [1.807, 2.05) is 6.07 Å². The smallest absolute Gasteiger partial charge is 0.258 e. The van der Waals surface area contributed by atoms with Crippen molar-refractivity contribution in [3.8, 4) is 11.8 Å². The molecule has 0 aliphatic heterocycles. The van der Waals surface area contributed by atoms with Crippen LogP contribution >= 0.6 is 0 Å². The van der Waals surface area contributed by atoms with Crippen molar-refractivity contribution in [3.05, 3.63) is 29.8 Å². The van der Waals surface area contributed by atoms with Gasteiger partial charge in [-0.05, 0) is 51.2 Å². The highest BCUT2D eigenvalue weighted by atomic mass is 16.5. The van der Waals surface area contributed by atoms with Crippen LogP contribution in [0.15, 0.2) is 24.3 Å². The minimum absolute atomic E-state index is 0.00455. The second-order valence-corrected chi connectivity index (χ2v) is 6.03. The van der Waals surface area contributed by atoms with E-state index in [9.17, 15) is 4.79 Å². The number of nitrogens with one attached hydrogen (secondary N) is 1. The van der Waals surface area contributed by atoms with E-state index in [1.165, 1.54) is 12.8 Å². The van der Waals surface area contributed by atoms with Crippen molar-refractivity contribution in [1.29, 1.82) is 5.26 Å². The summed E-state index contributed by atoms with van der Waals surface area (Å²) >= 11 is 0. The van der Waals surface area contributed by atoms with Gasteiger partial charge in [0.15, 0.2) is 6.61 Å². The van der Waals surface area contributed by atoms with Crippen molar-refractivity contribution in [2.45, 2.75) is 31.2 Å². The zero-order valence-corrected chi connectivity index (χ0v) is 13.3. The molecule has 1 saturated carbocycles. The number of ether oxygens (including phenoxy) is 1. The van der Waals surface area contributed by atoms with E-state index < -0.39 is 0 Å². The Labute approximate surface area is 131 Å². The third-order valence-electron chi connectivity index (χ3n) is 4.45. The Morgan fingerprint density at radius 2 is 1.95 bits per heavy atom. The normalized spacial score (nSPS) is 16.3. The molecule has 0 spiro atoms. The molecule has 0 radical (unpaired) electrons. The number of hydrogen-bond donors (Lipinski definition) is 1. The summed E-state index contributed by atoms with van der Waals surface area (Å²) in [5, 5.41) is 11.7. The first-order valence-electron chi connectivity index (χ1n) is 7.63. The van der Waals surface area contributed by atoms with Gasteiger partial charge in [0.2, 0.25) is 0 Å². The summed E-state index contributed by atoms with van der Waals surface area (Å²) in [7, 11) is 4.15. The fourth-order valence-corrected chi connectivity index (χ4v) is 2.90. The molecule has 0 heterocycles. The number of rotatable bonds is 6. The number of carbonyl (C=O) groups excluding carboxylic acids is 1. The van der Waals surface area contributed by atoms with Crippen LogP contribution in [0.3, 0.4) is 0 Å². The van der Waals surface area contributed by atoms with E-state index in [0.717, 1.165) is 12.8 Å². The number of benzene rings is 1. The largest absolute Gasteiger partial charge is 0.484 e. The van der Waals surface area contributed by atoms with Crippen LogP contribution in [0.25, 0.3) is 0 Å². The summed E-state index contributed by atoms with van der Waals surface area (Å²) in [6, 6.07) is 8.79. The topological polar surface area (TPSA) is 65.4 Å². The number of hydrogen-bond acceptors (Lipinski definition) is 4. The van der Waals surface area contributed by atoms with Crippen LogP contribution in [-0.4, -0.2) is 43.6 Å². The van der Waals surface area contributed by atoms with E-state index in [0.29, 0.717) is 17.9 Å². The lowest BCUT2D eigenvalue weighted by Gasteiger charge is -2.36. The Kier molecular flexibility index (Phi) is 5.40. The predicted molar refractivity (Wildman–Crippen MR) is 84.5 cm³/mol. The first kappa shape index (κ1) is 16.3. The lowest BCUT2D eigenvalue weighted by molar-refractivity contribution is -0.123. The Morgan fingerprint density at radius 1 is 1.32 bits per heavy atom. The Hall–Kier alpha value is -2.06. The zero-order chi connectivity index (χ0) is 16.0. The molecular weight excluding hydrogens is 278 g/mol. The summed E-state index contributed by atoms with van der Waals surface area (Å²) in [5.74, 6) is 0.481. The zero-order valence-electron chi connectivity index (χ0n) is 13.3. The summed E-state index contributed by atoms with van der Waals surface area (Å²) in [6.45, 7) is 0.658. The maximum absolute atomic E-state index is 12.0. The molecule has 1 amide bonds. The van der Waals surface area contributed by atoms with Crippen molar-refractivity contribution in [2.24, 2.45) is 0 Å². The maximum atomic E-state index is 12.0. The number of likely N-dealkylation sites (N-methyl/N-ethyl adjacent to an activating group) is 1. The molecule has 22 heavy (non-hydrogen) atoms. The van der Waals surface area contributed by atoms with E-state index in [1.54, 1.807) is 24.3 Å². The molecule has 0 aromatic heterocycles. The monoisotopic (exact) mass is 301 g/mol. The highest BCUT2D eigenvalue weighted by Crippen LogP contribution is 2.33. The van der Waals surface area contributed by atoms with Gasteiger partial charge in [-0.25, -0.2) is 0 Å². The number of amides is 1. The van der Waals surface area contributed by atoms with E-state index in [-0.39, 0.29) is 18.1 Å². The van der Waals surface area contributed by atoms with Gasteiger partial charge in [-0.2, -0.15) is 5.26 Å². The van der Waals surface area contributed by atoms with Crippen LogP contribution in [-0.2, 0) is 4.79 Å². The van der Waals surface area contributed by atoms with Gasteiger partial charge >= 0.3 is 0 Å². The standard InChI is InChI=1S/C17H23N3O2/c1-20(2)17(9-3-4-10-17)13-19-16(21)12-22-15-7-5-14(11-18)6-8-15/h5-8H,3-4,9-10,12-13H2,1-2H3,(H,19,21). The third kappa shape index (κ3) is 3.99. The van der Waals surface area contributed by atoms with E-state index in [2.05, 4.69) is 24.3 Å². The molecule has 1 aromatic rings. The van der Waals surface area contributed by atoms with Crippen molar-refractivity contribution in [3.63, 3.8) is 0 Å². The molecule has 1 aliphatic rings. The van der Waals surface area contributed by atoms with Gasteiger partial charge in [-0.3, -0.25) is 4.79 Å². The Bertz CT molecular complexity index is 540. The van der Waals surface area contributed by atoms with Crippen LogP contribution in [0.1, 0.15) is 31.2 Å². The lowest BCUT2D eigenvalue weighted by Crippen LogP contribution is -2.51. The molecular formula is C17H23N3O2. The second-order valence-electron chi connectivity index (χ2n) is 6.03. The molecule has 0 bridgehead atoms. The second kappa shape index (κ2) is 7.28. The predicted octanol–water partition coefficient (Wildman–Crippen LogP) is 1.93. The molecule has 118 valence electrons. The van der Waals surface area contributed by atoms with Gasteiger partial charge in [0.1, 0.15) is 5.75 Å². The summed E-state index contributed by atoms with van der Waals surface area (Å²) < 4.78 is 5.44. The molecule has 2 rings (SSSR count). The lowest BCUT2D eigenvalue weighted by atomic mass is 9.96. The van der Waals surface area contributed by atoms with Crippen LogP contribution in [0.4, 0.5) is 0 Å². The first-order chi connectivity index (χ1) is 10.6. The summed E-state index contributed by atoms with van der Waals surface area (Å²) in [6.07, 6.45) is 4.68. The van der Waals surface area contributed by atoms with Crippen LogP contribution in [0, 0.1) is 11.3 Å². The quantitative estimate of drug-likeness (QED) is 0.872. The van der Waals surface area contributed by atoms with Crippen LogP contribution in [0.2, 0.25) is 0 Å². The average molecular weight is 301 g/mol. The van der Waals surface area contributed by atoms with Gasteiger partial charge in [0.25, 0.3) is 5.91 Å². The summed E-state index contributed by atoms with van der Waals surface area (Å²) in [4.78, 5) is 14.2. The van der Waals surface area contributed by atoms with Crippen molar-refractivity contribution >= 4 is 5.91 Å². The average Bonchev–Trinajstić information content (AvgIpc) is 3.02. The maximum Gasteiger partial charge on any atom is 0.258 e. The Balaban J connectivity index is 1.79. The van der Waals surface area contributed by atoms with Crippen molar-refractivity contribution < 1.29 is 9.53 Å². The fourth-order valence-electron chi connectivity index (χ4n) is 2.90. The van der Waals surface area contributed by atoms with Gasteiger partial charge in [0.05, 0.1) is 11.6 Å². The number of nitriles is 1. The highest BCUT2D eigenvalue weighted by molar-refractivity contribution is 5.77. The van der Waals surface area contributed by atoms with Gasteiger partial charge in [-0.15, -0.1) is 0 Å². The first-order valence-corrected chi connectivity index (χ1v) is 7.63. The molecule has 1 aromatic carbocycles. The number of nitrogens with zero attached hydrogens (tertiary/aromatic N) is 2. The molecule has 5 heteroatoms. The molecule has 1 fully saturated rings. The highest BCUT2D eigenvalue weighted by Gasteiger charge is 2.36.